The van der Waals surface area contributed by atoms with Gasteiger partial charge in [-0.2, -0.15) is 0 Å². The highest BCUT2D eigenvalue weighted by atomic mass is 79.9. The molecule has 1 aliphatic rings. The van der Waals surface area contributed by atoms with Crippen molar-refractivity contribution in [1.29, 1.82) is 0 Å². The average Bonchev–Trinajstić information content (AvgIpc) is 2.77. The molecule has 2 heterocycles. The van der Waals surface area contributed by atoms with Gasteiger partial charge in [0.1, 0.15) is 0 Å². The first kappa shape index (κ1) is 20.8. The van der Waals surface area contributed by atoms with E-state index >= 15 is 0 Å². The zero-order valence-corrected chi connectivity index (χ0v) is 18.8. The van der Waals surface area contributed by atoms with Crippen molar-refractivity contribution in [2.24, 2.45) is 0 Å². The van der Waals surface area contributed by atoms with Crippen molar-refractivity contribution in [3.05, 3.63) is 79.8 Å². The van der Waals surface area contributed by atoms with Crippen LogP contribution in [0, 0.1) is 4.77 Å². The van der Waals surface area contributed by atoms with E-state index in [2.05, 4.69) is 39.1 Å². The van der Waals surface area contributed by atoms with E-state index in [1.807, 2.05) is 35.2 Å². The minimum absolute atomic E-state index is 0.116. The van der Waals surface area contributed by atoms with Crippen LogP contribution in [0.2, 0.25) is 0 Å². The summed E-state index contributed by atoms with van der Waals surface area (Å²) < 4.78 is 2.77. The molecule has 0 unspecified atom stereocenters. The molecule has 0 spiro atoms. The maximum absolute atomic E-state index is 12.8. The molecular weight excluding hydrogens is 462 g/mol. The van der Waals surface area contributed by atoms with E-state index in [0.717, 1.165) is 23.0 Å². The number of nitrogens with one attached hydrogen (secondary N) is 1. The fourth-order valence-electron chi connectivity index (χ4n) is 3.78. The van der Waals surface area contributed by atoms with Gasteiger partial charge < -0.3 is 9.88 Å². The molecule has 1 amide bonds. The maximum atomic E-state index is 12.8. The molecule has 0 bridgehead atoms. The third-order valence-electron chi connectivity index (χ3n) is 5.42. The van der Waals surface area contributed by atoms with Crippen LogP contribution < -0.4 is 5.56 Å². The molecule has 2 aromatic carbocycles. The van der Waals surface area contributed by atoms with Crippen molar-refractivity contribution < 1.29 is 4.79 Å². The van der Waals surface area contributed by atoms with Crippen LogP contribution in [0.15, 0.2) is 63.9 Å². The van der Waals surface area contributed by atoms with Gasteiger partial charge in [-0.05, 0) is 54.4 Å². The number of hydrogen-bond acceptors (Lipinski definition) is 3. The Morgan fingerprint density at radius 3 is 2.70 bits per heavy atom. The summed E-state index contributed by atoms with van der Waals surface area (Å²) in [5.41, 5.74) is 3.10. The molecule has 0 radical (unpaired) electrons. The van der Waals surface area contributed by atoms with Crippen molar-refractivity contribution in [1.82, 2.24) is 14.5 Å². The van der Waals surface area contributed by atoms with E-state index < -0.39 is 0 Å². The fourth-order valence-corrected chi connectivity index (χ4v) is 4.43. The monoisotopic (exact) mass is 483 g/mol. The molecule has 0 saturated carbocycles. The molecule has 1 aliphatic heterocycles. The summed E-state index contributed by atoms with van der Waals surface area (Å²) >= 11 is 8.76. The number of aromatic amines is 1. The second-order valence-corrected chi connectivity index (χ2v) is 8.67. The molecule has 0 aliphatic carbocycles. The Morgan fingerprint density at radius 2 is 1.97 bits per heavy atom. The number of carbonyl (C=O) groups is 1. The average molecular weight is 484 g/mol. The molecule has 0 saturated heterocycles. The molecular formula is C23H22BrN3O2S. The lowest BCUT2D eigenvalue weighted by Crippen LogP contribution is -2.34. The molecule has 0 atom stereocenters. The highest BCUT2D eigenvalue weighted by Gasteiger charge is 2.17. The Kier molecular flexibility index (Phi) is 6.29. The molecule has 1 aromatic heterocycles. The number of hydrogen-bond donors (Lipinski definition) is 1. The summed E-state index contributed by atoms with van der Waals surface area (Å²) in [6, 6.07) is 15.8. The second kappa shape index (κ2) is 9.10. The summed E-state index contributed by atoms with van der Waals surface area (Å²) in [7, 11) is 0. The van der Waals surface area contributed by atoms with Crippen LogP contribution in [0.5, 0.6) is 0 Å². The zero-order chi connectivity index (χ0) is 21.1. The smallest absolute Gasteiger partial charge is 0.262 e. The van der Waals surface area contributed by atoms with Crippen LogP contribution in [-0.4, -0.2) is 33.4 Å². The lowest BCUT2D eigenvalue weighted by molar-refractivity contribution is -0.130. The Morgan fingerprint density at radius 1 is 1.17 bits per heavy atom. The van der Waals surface area contributed by atoms with E-state index in [1.165, 1.54) is 11.1 Å². The van der Waals surface area contributed by atoms with Crippen molar-refractivity contribution in [3.8, 4) is 0 Å². The van der Waals surface area contributed by atoms with Gasteiger partial charge in [0, 0.05) is 30.5 Å². The van der Waals surface area contributed by atoms with Crippen LogP contribution in [-0.2, 0) is 11.3 Å². The molecule has 0 fully saturated rings. The number of carbonyl (C=O) groups excluding carboxylic acids is 1. The van der Waals surface area contributed by atoms with Crippen molar-refractivity contribution >= 4 is 50.5 Å². The highest BCUT2D eigenvalue weighted by Crippen LogP contribution is 2.22. The molecule has 7 heteroatoms. The van der Waals surface area contributed by atoms with Gasteiger partial charge in [-0.1, -0.05) is 52.3 Å². The number of nitrogens with zero attached hydrogens (tertiary/aromatic N) is 2. The van der Waals surface area contributed by atoms with Crippen LogP contribution in [0.4, 0.5) is 0 Å². The van der Waals surface area contributed by atoms with Gasteiger partial charge in [-0.25, -0.2) is 0 Å². The van der Waals surface area contributed by atoms with Crippen LogP contribution >= 0.6 is 28.1 Å². The van der Waals surface area contributed by atoms with E-state index in [9.17, 15) is 9.59 Å². The summed E-state index contributed by atoms with van der Waals surface area (Å²) in [4.78, 5) is 30.4. The molecule has 5 nitrogen and oxygen atoms in total. The maximum Gasteiger partial charge on any atom is 0.262 e. The number of amides is 1. The Bertz CT molecular complexity index is 1230. The lowest BCUT2D eigenvalue weighted by atomic mass is 9.99. The Labute approximate surface area is 188 Å². The number of rotatable bonds is 5. The normalized spacial score (nSPS) is 14.0. The van der Waals surface area contributed by atoms with Gasteiger partial charge in [-0.15, -0.1) is 0 Å². The van der Waals surface area contributed by atoms with Crippen molar-refractivity contribution in [3.63, 3.8) is 0 Å². The molecule has 4 rings (SSSR count). The number of halogens is 1. The Balaban J connectivity index is 1.38. The van der Waals surface area contributed by atoms with Crippen molar-refractivity contribution in [2.75, 3.05) is 13.1 Å². The van der Waals surface area contributed by atoms with E-state index in [-0.39, 0.29) is 11.5 Å². The van der Waals surface area contributed by atoms with Gasteiger partial charge >= 0.3 is 0 Å². The minimum Gasteiger partial charge on any atom is -0.339 e. The van der Waals surface area contributed by atoms with Gasteiger partial charge in [-0.3, -0.25) is 14.2 Å². The predicted molar refractivity (Wildman–Crippen MR) is 126 cm³/mol. The number of aromatic nitrogens is 2. The fraction of sp³-hybridized carbons (Fsp3) is 0.261. The molecule has 1 N–H and O–H groups in total. The third kappa shape index (κ3) is 4.47. The van der Waals surface area contributed by atoms with Crippen LogP contribution in [0.1, 0.15) is 24.8 Å². The van der Waals surface area contributed by atoms with Crippen LogP contribution in [0.3, 0.4) is 0 Å². The van der Waals surface area contributed by atoms with Crippen molar-refractivity contribution in [2.45, 2.75) is 25.8 Å². The van der Waals surface area contributed by atoms with E-state index in [1.54, 1.807) is 10.6 Å². The standard InChI is InChI=1S/C23H22BrN3O2S/c24-18-8-9-20-19(15-18)22(29)27(23(30)25-20)12-4-7-21(28)26-13-10-17(11-14-26)16-5-2-1-3-6-16/h1-3,5-6,8-10,15H,4,7,11-14H2,(H,25,30). The quantitative estimate of drug-likeness (QED) is 0.524. The van der Waals surface area contributed by atoms with Gasteiger partial charge in [0.05, 0.1) is 10.9 Å². The molecule has 30 heavy (non-hydrogen) atoms. The highest BCUT2D eigenvalue weighted by molar-refractivity contribution is 9.10. The first-order valence-corrected chi connectivity index (χ1v) is 11.2. The summed E-state index contributed by atoms with van der Waals surface area (Å²) in [5.74, 6) is 0.116. The van der Waals surface area contributed by atoms with Gasteiger partial charge in [0.25, 0.3) is 5.56 Å². The van der Waals surface area contributed by atoms with E-state index in [0.29, 0.717) is 36.1 Å². The molecule has 154 valence electrons. The van der Waals surface area contributed by atoms with Gasteiger partial charge in [0.15, 0.2) is 4.77 Å². The van der Waals surface area contributed by atoms with Gasteiger partial charge in [0.2, 0.25) is 5.91 Å². The topological polar surface area (TPSA) is 58.1 Å². The molecule has 3 aromatic rings. The first-order chi connectivity index (χ1) is 14.5. The summed E-state index contributed by atoms with van der Waals surface area (Å²) in [6.07, 6.45) is 3.96. The largest absolute Gasteiger partial charge is 0.339 e. The van der Waals surface area contributed by atoms with E-state index in [4.69, 9.17) is 12.2 Å². The van der Waals surface area contributed by atoms with Crippen LogP contribution in [0.25, 0.3) is 16.5 Å². The second-order valence-electron chi connectivity index (χ2n) is 7.37. The first-order valence-electron chi connectivity index (χ1n) is 9.97. The number of H-pyrrole nitrogens is 1. The Hall–Kier alpha value is -2.51. The predicted octanol–water partition coefficient (Wildman–Crippen LogP) is 4.92. The third-order valence-corrected chi connectivity index (χ3v) is 6.24. The summed E-state index contributed by atoms with van der Waals surface area (Å²) in [5, 5.41) is 0.582. The zero-order valence-electron chi connectivity index (χ0n) is 16.4. The summed E-state index contributed by atoms with van der Waals surface area (Å²) in [6.45, 7) is 1.78. The number of benzene rings is 2. The minimum atomic E-state index is -0.129. The number of fused-ring (bicyclic) bond motifs is 1. The lowest BCUT2D eigenvalue weighted by Gasteiger charge is -2.27. The SMILES string of the molecule is O=C(CCCn1c(=S)[nH]c2ccc(Br)cc2c1=O)N1CC=C(c2ccccc2)CC1.